The van der Waals surface area contributed by atoms with Crippen LogP contribution in [0.4, 0.5) is 0 Å². The number of thioether (sulfide) groups is 1. The second-order valence-electron chi connectivity index (χ2n) is 7.50. The summed E-state index contributed by atoms with van der Waals surface area (Å²) in [6.07, 6.45) is 1.13. The molecule has 7 nitrogen and oxygen atoms in total. The molecule has 9 heteroatoms. The Balaban J connectivity index is 1.75. The van der Waals surface area contributed by atoms with Gasteiger partial charge in [-0.1, -0.05) is 36.4 Å². The van der Waals surface area contributed by atoms with E-state index in [1.165, 1.54) is 4.90 Å². The van der Waals surface area contributed by atoms with Crippen molar-refractivity contribution in [2.45, 2.75) is 37.1 Å². The lowest BCUT2D eigenvalue weighted by Crippen LogP contribution is -2.53. The minimum Gasteiger partial charge on any atom is -0.480 e. The highest BCUT2D eigenvalue weighted by Crippen LogP contribution is 2.35. The zero-order chi connectivity index (χ0) is 22.9. The van der Waals surface area contributed by atoms with Crippen LogP contribution in [-0.4, -0.2) is 65.4 Å². The number of benzene rings is 1. The number of esters is 1. The van der Waals surface area contributed by atoms with Crippen molar-refractivity contribution in [2.24, 2.45) is 0 Å². The lowest BCUT2D eigenvalue weighted by molar-refractivity contribution is -0.148. The number of hydrogen-bond acceptors (Lipinski definition) is 7. The van der Waals surface area contributed by atoms with Crippen LogP contribution in [0.1, 0.15) is 29.0 Å². The van der Waals surface area contributed by atoms with Crippen molar-refractivity contribution < 1.29 is 24.2 Å². The average molecular weight is 477 g/mol. The van der Waals surface area contributed by atoms with Crippen molar-refractivity contribution in [3.63, 3.8) is 0 Å². The highest BCUT2D eigenvalue weighted by Gasteiger charge is 2.36. The van der Waals surface area contributed by atoms with Gasteiger partial charge in [-0.3, -0.25) is 19.7 Å². The van der Waals surface area contributed by atoms with Gasteiger partial charge < -0.3 is 14.7 Å². The Kier molecular flexibility index (Phi) is 9.13. The number of aryl methyl sites for hydroxylation is 1. The van der Waals surface area contributed by atoms with Gasteiger partial charge in [-0.25, -0.2) is 0 Å². The van der Waals surface area contributed by atoms with Crippen molar-refractivity contribution >= 4 is 40.9 Å². The van der Waals surface area contributed by atoms with Crippen molar-refractivity contribution in [1.29, 1.82) is 0 Å². The minimum atomic E-state index is -1.06. The van der Waals surface area contributed by atoms with Crippen molar-refractivity contribution in [3.05, 3.63) is 58.3 Å². The topological polar surface area (TPSA) is 95.9 Å². The van der Waals surface area contributed by atoms with Gasteiger partial charge in [0.05, 0.1) is 17.9 Å². The molecule has 1 aliphatic heterocycles. The molecule has 0 aliphatic carbocycles. The summed E-state index contributed by atoms with van der Waals surface area (Å²) in [4.78, 5) is 39.7. The summed E-state index contributed by atoms with van der Waals surface area (Å²) in [5.74, 6) is -1.31. The fraction of sp³-hybridized carbons (Fsp3) is 0.435. The normalized spacial score (nSPS) is 19.9. The molecule has 0 spiro atoms. The first-order valence-electron chi connectivity index (χ1n) is 10.6. The number of nitrogens with one attached hydrogen (secondary N) is 1. The van der Waals surface area contributed by atoms with Gasteiger partial charge in [-0.15, -0.1) is 23.1 Å². The van der Waals surface area contributed by atoms with Gasteiger partial charge in [-0.05, 0) is 36.8 Å². The quantitative estimate of drug-likeness (QED) is 0.509. The maximum atomic E-state index is 13.2. The van der Waals surface area contributed by atoms with E-state index in [2.05, 4.69) is 5.32 Å². The van der Waals surface area contributed by atoms with Crippen LogP contribution in [-0.2, 0) is 25.5 Å². The smallest absolute Gasteiger partial charge is 0.323 e. The van der Waals surface area contributed by atoms with Crippen LogP contribution in [0.5, 0.6) is 0 Å². The molecule has 3 atom stereocenters. The Morgan fingerprint density at radius 2 is 2.03 bits per heavy atom. The van der Waals surface area contributed by atoms with Gasteiger partial charge >= 0.3 is 11.9 Å². The number of carboxylic acids is 1. The van der Waals surface area contributed by atoms with E-state index >= 15 is 0 Å². The molecule has 1 aromatic heterocycles. The molecule has 172 valence electrons. The Bertz CT molecular complexity index is 891. The van der Waals surface area contributed by atoms with E-state index in [1.54, 1.807) is 30.0 Å². The number of nitrogens with zero attached hydrogens (tertiary/aromatic N) is 1. The molecule has 0 radical (unpaired) electrons. The van der Waals surface area contributed by atoms with E-state index in [1.807, 2.05) is 47.8 Å². The van der Waals surface area contributed by atoms with Gasteiger partial charge in [0.25, 0.3) is 0 Å². The summed E-state index contributed by atoms with van der Waals surface area (Å²) in [6.45, 7) is 1.95. The van der Waals surface area contributed by atoms with Crippen LogP contribution in [0, 0.1) is 0 Å². The summed E-state index contributed by atoms with van der Waals surface area (Å²) in [5.41, 5.74) is 1.09. The monoisotopic (exact) mass is 476 g/mol. The maximum absolute atomic E-state index is 13.2. The number of ether oxygens (including phenoxy) is 1. The van der Waals surface area contributed by atoms with Crippen LogP contribution in [0.25, 0.3) is 0 Å². The summed E-state index contributed by atoms with van der Waals surface area (Å²) in [6, 6.07) is 12.4. The zero-order valence-corrected chi connectivity index (χ0v) is 19.6. The lowest BCUT2D eigenvalue weighted by atomic mass is 10.0. The molecule has 0 unspecified atom stereocenters. The van der Waals surface area contributed by atoms with Crippen molar-refractivity contribution in [2.75, 3.05) is 25.4 Å². The molecule has 2 N–H and O–H groups in total. The SMILES string of the molecule is CCOC(=O)[C@@H](CCc1ccccc1)N[C@@H]1CS[C@H](c2cccs2)CN(CC(=O)O)C1=O. The molecule has 1 fully saturated rings. The second kappa shape index (κ2) is 12.0. The van der Waals surface area contributed by atoms with Gasteiger partial charge in [0.1, 0.15) is 12.6 Å². The van der Waals surface area contributed by atoms with Crippen LogP contribution >= 0.6 is 23.1 Å². The third-order valence-electron chi connectivity index (χ3n) is 5.18. The highest BCUT2D eigenvalue weighted by molar-refractivity contribution is 7.99. The number of rotatable bonds is 10. The predicted molar refractivity (Wildman–Crippen MR) is 126 cm³/mol. The van der Waals surface area contributed by atoms with Crippen molar-refractivity contribution in [1.82, 2.24) is 10.2 Å². The largest absolute Gasteiger partial charge is 0.480 e. The number of aliphatic carboxylic acids is 1. The number of carbonyl (C=O) groups excluding carboxylic acids is 2. The molecule has 0 saturated carbocycles. The van der Waals surface area contributed by atoms with Gasteiger partial charge in [0.2, 0.25) is 5.91 Å². The van der Waals surface area contributed by atoms with E-state index < -0.39 is 24.0 Å². The predicted octanol–water partition coefficient (Wildman–Crippen LogP) is 2.97. The molecule has 2 aromatic rings. The van der Waals surface area contributed by atoms with Gasteiger partial charge in [-0.2, -0.15) is 0 Å². The molecule has 1 aliphatic rings. The van der Waals surface area contributed by atoms with Crippen molar-refractivity contribution in [3.8, 4) is 0 Å². The number of hydrogen-bond donors (Lipinski definition) is 2. The first-order valence-corrected chi connectivity index (χ1v) is 12.5. The summed E-state index contributed by atoms with van der Waals surface area (Å²) >= 11 is 3.20. The number of thiophene rings is 1. The highest BCUT2D eigenvalue weighted by atomic mass is 32.2. The standard InChI is InChI=1S/C23H28N2O5S2/c1-2-30-23(29)17(11-10-16-7-4-3-5-8-16)24-18-15-32-20(19-9-6-12-31-19)13-25(22(18)28)14-21(26)27/h3-9,12,17-18,20,24H,2,10-11,13-15H2,1H3,(H,26,27)/t17-,18-,20+/m1/s1. The Morgan fingerprint density at radius 1 is 1.25 bits per heavy atom. The third-order valence-corrected chi connectivity index (χ3v) is 7.65. The van der Waals surface area contributed by atoms with E-state index in [-0.39, 0.29) is 24.3 Å². The summed E-state index contributed by atoms with van der Waals surface area (Å²) in [7, 11) is 0. The molecule has 3 rings (SSSR count). The molecule has 1 aromatic carbocycles. The molecule has 2 heterocycles. The maximum Gasteiger partial charge on any atom is 0.323 e. The molecule has 1 amide bonds. The van der Waals surface area contributed by atoms with Crippen LogP contribution in [0.3, 0.4) is 0 Å². The Hall–Kier alpha value is -2.36. The third kappa shape index (κ3) is 6.82. The zero-order valence-electron chi connectivity index (χ0n) is 17.9. The fourth-order valence-electron chi connectivity index (χ4n) is 3.63. The number of amides is 1. The summed E-state index contributed by atoms with van der Waals surface area (Å²) < 4.78 is 5.25. The van der Waals surface area contributed by atoms with Crippen LogP contribution < -0.4 is 5.32 Å². The van der Waals surface area contributed by atoms with Crippen LogP contribution in [0.15, 0.2) is 47.8 Å². The number of carboxylic acid groups (broad SMARTS) is 1. The molecular weight excluding hydrogens is 448 g/mol. The Labute approximate surface area is 196 Å². The first-order chi connectivity index (χ1) is 15.5. The molecule has 1 saturated heterocycles. The van der Waals surface area contributed by atoms with E-state index in [4.69, 9.17) is 4.74 Å². The molecule has 32 heavy (non-hydrogen) atoms. The summed E-state index contributed by atoms with van der Waals surface area (Å²) in [5, 5.41) is 14.5. The van der Waals surface area contributed by atoms with Gasteiger partial charge in [0.15, 0.2) is 0 Å². The van der Waals surface area contributed by atoms with Gasteiger partial charge in [0, 0.05) is 17.2 Å². The minimum absolute atomic E-state index is 0.00420. The van der Waals surface area contributed by atoms with E-state index in [0.29, 0.717) is 25.1 Å². The first kappa shape index (κ1) is 24.3. The van der Waals surface area contributed by atoms with E-state index in [9.17, 15) is 19.5 Å². The second-order valence-corrected chi connectivity index (χ2v) is 9.71. The average Bonchev–Trinajstić information content (AvgIpc) is 3.27. The number of carbonyl (C=O) groups is 3. The fourth-order valence-corrected chi connectivity index (χ4v) is 5.89. The lowest BCUT2D eigenvalue weighted by Gasteiger charge is -2.26. The van der Waals surface area contributed by atoms with Crippen LogP contribution in [0.2, 0.25) is 0 Å². The molecular formula is C23H28N2O5S2. The van der Waals surface area contributed by atoms with E-state index in [0.717, 1.165) is 10.4 Å². The Morgan fingerprint density at radius 3 is 2.69 bits per heavy atom. The molecule has 0 bridgehead atoms.